The van der Waals surface area contributed by atoms with Crippen LogP contribution < -0.4 is 5.32 Å². The van der Waals surface area contributed by atoms with E-state index in [1.807, 2.05) is 13.0 Å². The largest absolute Gasteiger partial charge is 0.444 e. The lowest BCUT2D eigenvalue weighted by Gasteiger charge is -2.22. The van der Waals surface area contributed by atoms with Gasteiger partial charge < -0.3 is 15.2 Å². The van der Waals surface area contributed by atoms with Crippen molar-refractivity contribution >= 4 is 6.09 Å². The molecule has 5 heteroatoms. The van der Waals surface area contributed by atoms with Crippen LogP contribution in [0.3, 0.4) is 0 Å². The molecule has 0 fully saturated rings. The molecule has 18 heavy (non-hydrogen) atoms. The van der Waals surface area contributed by atoms with Gasteiger partial charge in [0.1, 0.15) is 5.60 Å². The van der Waals surface area contributed by atoms with Crippen molar-refractivity contribution < 1.29 is 14.6 Å². The SMILES string of the molecule is Cc1ccc([C@@H](CO)NC(=O)OC(C)(C)C)nc1. The maximum Gasteiger partial charge on any atom is 0.408 e. The number of pyridine rings is 1. The predicted molar refractivity (Wildman–Crippen MR) is 68.2 cm³/mol. The van der Waals surface area contributed by atoms with Crippen molar-refractivity contribution in [1.82, 2.24) is 10.3 Å². The highest BCUT2D eigenvalue weighted by atomic mass is 16.6. The number of amides is 1. The monoisotopic (exact) mass is 252 g/mol. The summed E-state index contributed by atoms with van der Waals surface area (Å²) >= 11 is 0. The van der Waals surface area contributed by atoms with E-state index in [1.54, 1.807) is 33.0 Å². The number of hydrogen-bond acceptors (Lipinski definition) is 4. The topological polar surface area (TPSA) is 71.5 Å². The highest BCUT2D eigenvalue weighted by molar-refractivity contribution is 5.68. The molecular weight excluding hydrogens is 232 g/mol. The summed E-state index contributed by atoms with van der Waals surface area (Å²) in [5, 5.41) is 11.9. The molecule has 0 unspecified atom stereocenters. The van der Waals surface area contributed by atoms with E-state index >= 15 is 0 Å². The number of aliphatic hydroxyl groups excluding tert-OH is 1. The fourth-order valence-electron chi connectivity index (χ4n) is 1.35. The Balaban J connectivity index is 2.68. The number of hydrogen-bond donors (Lipinski definition) is 2. The van der Waals surface area contributed by atoms with Crippen LogP contribution in [-0.4, -0.2) is 28.4 Å². The van der Waals surface area contributed by atoms with Gasteiger partial charge in [-0.05, 0) is 39.3 Å². The van der Waals surface area contributed by atoms with Gasteiger partial charge in [0.2, 0.25) is 0 Å². The smallest absolute Gasteiger partial charge is 0.408 e. The minimum atomic E-state index is -0.566. The Morgan fingerprint density at radius 2 is 2.17 bits per heavy atom. The van der Waals surface area contributed by atoms with E-state index in [-0.39, 0.29) is 6.61 Å². The van der Waals surface area contributed by atoms with Crippen LogP contribution in [0.15, 0.2) is 18.3 Å². The molecule has 0 aromatic carbocycles. The predicted octanol–water partition coefficient (Wildman–Crippen LogP) is 1.95. The van der Waals surface area contributed by atoms with Gasteiger partial charge in [-0.2, -0.15) is 0 Å². The molecule has 2 N–H and O–H groups in total. The lowest BCUT2D eigenvalue weighted by Crippen LogP contribution is -2.36. The van der Waals surface area contributed by atoms with E-state index < -0.39 is 17.7 Å². The first kappa shape index (κ1) is 14.4. The van der Waals surface area contributed by atoms with Gasteiger partial charge in [0, 0.05) is 6.20 Å². The number of aromatic nitrogens is 1. The fourth-order valence-corrected chi connectivity index (χ4v) is 1.35. The second kappa shape index (κ2) is 5.82. The molecule has 0 aliphatic heterocycles. The van der Waals surface area contributed by atoms with Crippen molar-refractivity contribution in [2.45, 2.75) is 39.3 Å². The fraction of sp³-hybridized carbons (Fsp3) is 0.538. The first-order valence-electron chi connectivity index (χ1n) is 5.85. The molecule has 0 spiro atoms. The number of ether oxygens (including phenoxy) is 1. The Hall–Kier alpha value is -1.62. The second-order valence-electron chi connectivity index (χ2n) is 5.14. The molecule has 0 radical (unpaired) electrons. The number of aliphatic hydroxyl groups is 1. The van der Waals surface area contributed by atoms with Crippen molar-refractivity contribution in [1.29, 1.82) is 0 Å². The number of carbonyl (C=O) groups excluding carboxylic acids is 1. The Morgan fingerprint density at radius 1 is 1.50 bits per heavy atom. The zero-order valence-corrected chi connectivity index (χ0v) is 11.2. The Morgan fingerprint density at radius 3 is 2.61 bits per heavy atom. The van der Waals surface area contributed by atoms with Crippen LogP contribution in [0.25, 0.3) is 0 Å². The standard InChI is InChI=1S/C13H20N2O3/c1-9-5-6-10(14-7-9)11(8-16)15-12(17)18-13(2,3)4/h5-7,11,16H,8H2,1-4H3,(H,15,17)/t11-/m1/s1. The van der Waals surface area contributed by atoms with Crippen LogP contribution >= 0.6 is 0 Å². The quantitative estimate of drug-likeness (QED) is 0.862. The van der Waals surface area contributed by atoms with E-state index in [0.717, 1.165) is 5.56 Å². The van der Waals surface area contributed by atoms with Crippen LogP contribution in [0.2, 0.25) is 0 Å². The molecular formula is C13H20N2O3. The molecule has 1 rings (SSSR count). The molecule has 0 saturated carbocycles. The van der Waals surface area contributed by atoms with Gasteiger partial charge in [-0.25, -0.2) is 4.79 Å². The Kier molecular flexibility index (Phi) is 4.67. The summed E-state index contributed by atoms with van der Waals surface area (Å²) in [4.78, 5) is 15.8. The summed E-state index contributed by atoms with van der Waals surface area (Å²) in [6, 6.07) is 3.09. The number of alkyl carbamates (subject to hydrolysis) is 1. The Labute approximate surface area is 107 Å². The zero-order valence-electron chi connectivity index (χ0n) is 11.2. The molecule has 0 aliphatic carbocycles. The van der Waals surface area contributed by atoms with Gasteiger partial charge in [0.15, 0.2) is 0 Å². The van der Waals surface area contributed by atoms with Gasteiger partial charge in [-0.3, -0.25) is 4.98 Å². The maximum atomic E-state index is 11.6. The minimum Gasteiger partial charge on any atom is -0.444 e. The van der Waals surface area contributed by atoms with Crippen LogP contribution in [0.4, 0.5) is 4.79 Å². The molecule has 1 aromatic rings. The highest BCUT2D eigenvalue weighted by Crippen LogP contribution is 2.12. The molecule has 0 bridgehead atoms. The third-order valence-electron chi connectivity index (χ3n) is 2.16. The zero-order chi connectivity index (χ0) is 13.8. The Bertz CT molecular complexity index is 396. The number of nitrogens with one attached hydrogen (secondary N) is 1. The summed E-state index contributed by atoms with van der Waals surface area (Å²) in [5.41, 5.74) is 1.06. The second-order valence-corrected chi connectivity index (χ2v) is 5.14. The van der Waals surface area contributed by atoms with E-state index in [2.05, 4.69) is 10.3 Å². The minimum absolute atomic E-state index is 0.227. The summed E-state index contributed by atoms with van der Waals surface area (Å²) < 4.78 is 5.13. The lowest BCUT2D eigenvalue weighted by molar-refractivity contribution is 0.0480. The molecule has 1 heterocycles. The van der Waals surface area contributed by atoms with Crippen molar-refractivity contribution in [3.05, 3.63) is 29.6 Å². The van der Waals surface area contributed by atoms with E-state index in [0.29, 0.717) is 5.69 Å². The van der Waals surface area contributed by atoms with Crippen LogP contribution in [-0.2, 0) is 4.74 Å². The maximum absolute atomic E-state index is 11.6. The van der Waals surface area contributed by atoms with Crippen LogP contribution in [0, 0.1) is 6.92 Å². The average molecular weight is 252 g/mol. The molecule has 1 amide bonds. The number of rotatable bonds is 3. The summed E-state index contributed by atoms with van der Waals surface area (Å²) in [5.74, 6) is 0. The van der Waals surface area contributed by atoms with Crippen LogP contribution in [0.1, 0.15) is 38.1 Å². The first-order valence-corrected chi connectivity index (χ1v) is 5.85. The van der Waals surface area contributed by atoms with Gasteiger partial charge in [-0.1, -0.05) is 6.07 Å². The van der Waals surface area contributed by atoms with Crippen LogP contribution in [0.5, 0.6) is 0 Å². The van der Waals surface area contributed by atoms with Gasteiger partial charge >= 0.3 is 6.09 Å². The highest BCUT2D eigenvalue weighted by Gasteiger charge is 2.20. The van der Waals surface area contributed by atoms with E-state index in [9.17, 15) is 9.90 Å². The van der Waals surface area contributed by atoms with Crippen molar-refractivity contribution in [2.24, 2.45) is 0 Å². The van der Waals surface area contributed by atoms with Gasteiger partial charge in [0.25, 0.3) is 0 Å². The third kappa shape index (κ3) is 4.71. The van der Waals surface area contributed by atoms with Crippen molar-refractivity contribution in [2.75, 3.05) is 6.61 Å². The number of nitrogens with zero attached hydrogens (tertiary/aromatic N) is 1. The average Bonchev–Trinajstić information content (AvgIpc) is 2.25. The molecule has 0 aliphatic rings. The molecule has 0 saturated heterocycles. The van der Waals surface area contributed by atoms with Gasteiger partial charge in [0.05, 0.1) is 18.3 Å². The third-order valence-corrected chi connectivity index (χ3v) is 2.16. The molecule has 100 valence electrons. The van der Waals surface area contributed by atoms with Crippen molar-refractivity contribution in [3.8, 4) is 0 Å². The summed E-state index contributed by atoms with van der Waals surface area (Å²) in [7, 11) is 0. The normalized spacial score (nSPS) is 12.9. The molecule has 5 nitrogen and oxygen atoms in total. The lowest BCUT2D eigenvalue weighted by atomic mass is 10.2. The van der Waals surface area contributed by atoms with Gasteiger partial charge in [-0.15, -0.1) is 0 Å². The van der Waals surface area contributed by atoms with E-state index in [4.69, 9.17) is 4.74 Å². The summed E-state index contributed by atoms with van der Waals surface area (Å²) in [6.07, 6.45) is 1.12. The first-order chi connectivity index (χ1) is 8.31. The summed E-state index contributed by atoms with van der Waals surface area (Å²) in [6.45, 7) is 7.04. The molecule has 1 aromatic heterocycles. The number of carbonyl (C=O) groups is 1. The van der Waals surface area contributed by atoms with Crippen molar-refractivity contribution in [3.63, 3.8) is 0 Å². The molecule has 1 atom stereocenters. The van der Waals surface area contributed by atoms with E-state index in [1.165, 1.54) is 0 Å². The number of aryl methyl sites for hydroxylation is 1.